The highest BCUT2D eigenvalue weighted by atomic mass is 15.0. The van der Waals surface area contributed by atoms with Crippen molar-refractivity contribution in [2.75, 3.05) is 17.6 Å². The third-order valence-corrected chi connectivity index (χ3v) is 3.80. The van der Waals surface area contributed by atoms with Gasteiger partial charge in [-0.2, -0.15) is 0 Å². The standard InChI is InChI=1S/C17H23N3/c1-11-7-13(3)15(8-12(11)2)5-6-19-17-9-14(4)16(18)10-20-17/h7-10H,5-6,18H2,1-4H3,(H,19,20). The number of pyridine rings is 1. The highest BCUT2D eigenvalue weighted by Crippen LogP contribution is 2.17. The first-order chi connectivity index (χ1) is 9.47. The van der Waals surface area contributed by atoms with Gasteiger partial charge in [-0.3, -0.25) is 0 Å². The van der Waals surface area contributed by atoms with E-state index in [0.29, 0.717) is 0 Å². The van der Waals surface area contributed by atoms with E-state index < -0.39 is 0 Å². The molecule has 1 aromatic carbocycles. The van der Waals surface area contributed by atoms with Crippen molar-refractivity contribution in [2.45, 2.75) is 34.1 Å². The maximum absolute atomic E-state index is 5.77. The van der Waals surface area contributed by atoms with E-state index in [1.807, 2.05) is 13.0 Å². The summed E-state index contributed by atoms with van der Waals surface area (Å²) in [5.74, 6) is 0.887. The Morgan fingerprint density at radius 1 is 0.950 bits per heavy atom. The summed E-state index contributed by atoms with van der Waals surface area (Å²) in [6, 6.07) is 6.53. The number of anilines is 2. The van der Waals surface area contributed by atoms with E-state index in [1.165, 1.54) is 22.3 Å². The zero-order chi connectivity index (χ0) is 14.7. The molecule has 0 radical (unpaired) electrons. The summed E-state index contributed by atoms with van der Waals surface area (Å²) in [5.41, 5.74) is 13.0. The van der Waals surface area contributed by atoms with Crippen molar-refractivity contribution in [1.29, 1.82) is 0 Å². The van der Waals surface area contributed by atoms with Crippen molar-refractivity contribution in [3.63, 3.8) is 0 Å². The van der Waals surface area contributed by atoms with Crippen LogP contribution in [0.4, 0.5) is 11.5 Å². The predicted octanol–water partition coefficient (Wildman–Crippen LogP) is 3.55. The van der Waals surface area contributed by atoms with Crippen molar-refractivity contribution < 1.29 is 0 Å². The van der Waals surface area contributed by atoms with E-state index in [-0.39, 0.29) is 0 Å². The Morgan fingerprint density at radius 2 is 1.65 bits per heavy atom. The molecule has 0 amide bonds. The van der Waals surface area contributed by atoms with Gasteiger partial charge in [0, 0.05) is 6.54 Å². The van der Waals surface area contributed by atoms with Gasteiger partial charge in [0.05, 0.1) is 11.9 Å². The summed E-state index contributed by atoms with van der Waals surface area (Å²) >= 11 is 0. The van der Waals surface area contributed by atoms with Crippen LogP contribution in [0, 0.1) is 27.7 Å². The summed E-state index contributed by atoms with van der Waals surface area (Å²) in [6.07, 6.45) is 2.71. The fraction of sp³-hybridized carbons (Fsp3) is 0.353. The minimum Gasteiger partial charge on any atom is -0.397 e. The van der Waals surface area contributed by atoms with Gasteiger partial charge in [-0.05, 0) is 68.0 Å². The third-order valence-electron chi connectivity index (χ3n) is 3.80. The van der Waals surface area contributed by atoms with E-state index in [2.05, 4.69) is 43.2 Å². The second kappa shape index (κ2) is 5.95. The number of benzene rings is 1. The molecule has 0 aliphatic carbocycles. The number of nitrogens with zero attached hydrogens (tertiary/aromatic N) is 1. The maximum Gasteiger partial charge on any atom is 0.126 e. The first kappa shape index (κ1) is 14.4. The Morgan fingerprint density at radius 3 is 2.35 bits per heavy atom. The quantitative estimate of drug-likeness (QED) is 0.892. The van der Waals surface area contributed by atoms with Crippen LogP contribution in [0.2, 0.25) is 0 Å². The van der Waals surface area contributed by atoms with Crippen LogP contribution in [-0.2, 0) is 6.42 Å². The topological polar surface area (TPSA) is 50.9 Å². The van der Waals surface area contributed by atoms with Crippen molar-refractivity contribution in [2.24, 2.45) is 0 Å². The van der Waals surface area contributed by atoms with Crippen molar-refractivity contribution in [3.05, 3.63) is 52.2 Å². The number of nitrogen functional groups attached to an aromatic ring is 1. The monoisotopic (exact) mass is 269 g/mol. The van der Waals surface area contributed by atoms with Gasteiger partial charge >= 0.3 is 0 Å². The number of hydrogen-bond acceptors (Lipinski definition) is 3. The smallest absolute Gasteiger partial charge is 0.126 e. The van der Waals surface area contributed by atoms with E-state index >= 15 is 0 Å². The van der Waals surface area contributed by atoms with Crippen LogP contribution in [-0.4, -0.2) is 11.5 Å². The molecular weight excluding hydrogens is 246 g/mol. The third kappa shape index (κ3) is 3.29. The zero-order valence-electron chi connectivity index (χ0n) is 12.7. The fourth-order valence-electron chi connectivity index (χ4n) is 2.28. The molecule has 0 bridgehead atoms. The molecule has 1 heterocycles. The number of rotatable bonds is 4. The van der Waals surface area contributed by atoms with Gasteiger partial charge in [-0.15, -0.1) is 0 Å². The number of nitrogens with two attached hydrogens (primary N) is 1. The Kier molecular flexibility index (Phi) is 4.28. The molecule has 0 unspecified atom stereocenters. The van der Waals surface area contributed by atoms with Gasteiger partial charge in [-0.25, -0.2) is 4.98 Å². The summed E-state index contributed by atoms with van der Waals surface area (Å²) in [7, 11) is 0. The molecule has 3 heteroatoms. The van der Waals surface area contributed by atoms with E-state index in [0.717, 1.165) is 30.0 Å². The molecule has 2 rings (SSSR count). The summed E-state index contributed by atoms with van der Waals surface area (Å²) in [6.45, 7) is 9.37. The predicted molar refractivity (Wildman–Crippen MR) is 86.2 cm³/mol. The lowest BCUT2D eigenvalue weighted by Crippen LogP contribution is -2.08. The summed E-state index contributed by atoms with van der Waals surface area (Å²) < 4.78 is 0. The summed E-state index contributed by atoms with van der Waals surface area (Å²) in [4.78, 5) is 4.29. The molecule has 106 valence electrons. The highest BCUT2D eigenvalue weighted by Gasteiger charge is 2.03. The van der Waals surface area contributed by atoms with Crippen LogP contribution in [0.3, 0.4) is 0 Å². The minimum absolute atomic E-state index is 0.737. The minimum atomic E-state index is 0.737. The number of nitrogens with one attached hydrogen (secondary N) is 1. The normalized spacial score (nSPS) is 10.6. The second-order valence-electron chi connectivity index (χ2n) is 5.47. The lowest BCUT2D eigenvalue weighted by Gasteiger charge is -2.11. The lowest BCUT2D eigenvalue weighted by atomic mass is 9.99. The van der Waals surface area contributed by atoms with Gasteiger partial charge in [0.25, 0.3) is 0 Å². The molecule has 1 aromatic heterocycles. The molecule has 0 fully saturated rings. The Bertz CT molecular complexity index is 618. The Hall–Kier alpha value is -2.03. The molecule has 0 saturated carbocycles. The van der Waals surface area contributed by atoms with E-state index in [4.69, 9.17) is 5.73 Å². The van der Waals surface area contributed by atoms with Gasteiger partial charge in [0.1, 0.15) is 5.82 Å². The van der Waals surface area contributed by atoms with Gasteiger partial charge in [0.15, 0.2) is 0 Å². The highest BCUT2D eigenvalue weighted by molar-refractivity contribution is 5.51. The first-order valence-corrected chi connectivity index (χ1v) is 7.00. The van der Waals surface area contributed by atoms with E-state index in [1.54, 1.807) is 6.20 Å². The van der Waals surface area contributed by atoms with Gasteiger partial charge < -0.3 is 11.1 Å². The molecule has 0 saturated heterocycles. The lowest BCUT2D eigenvalue weighted by molar-refractivity contribution is 0.987. The largest absolute Gasteiger partial charge is 0.397 e. The van der Waals surface area contributed by atoms with Crippen LogP contribution in [0.1, 0.15) is 27.8 Å². The molecular formula is C17H23N3. The summed E-state index contributed by atoms with van der Waals surface area (Å²) in [5, 5.41) is 3.36. The van der Waals surface area contributed by atoms with Crippen molar-refractivity contribution >= 4 is 11.5 Å². The molecule has 0 atom stereocenters. The average molecular weight is 269 g/mol. The molecule has 2 aromatic rings. The van der Waals surface area contributed by atoms with Crippen LogP contribution < -0.4 is 11.1 Å². The molecule has 0 aliphatic heterocycles. The maximum atomic E-state index is 5.77. The van der Waals surface area contributed by atoms with Crippen molar-refractivity contribution in [3.8, 4) is 0 Å². The average Bonchev–Trinajstić information content (AvgIpc) is 2.39. The molecule has 20 heavy (non-hydrogen) atoms. The zero-order valence-corrected chi connectivity index (χ0v) is 12.7. The number of aromatic nitrogens is 1. The second-order valence-corrected chi connectivity index (χ2v) is 5.47. The number of aryl methyl sites for hydroxylation is 4. The van der Waals surface area contributed by atoms with E-state index in [9.17, 15) is 0 Å². The van der Waals surface area contributed by atoms with Crippen LogP contribution in [0.5, 0.6) is 0 Å². The molecule has 0 aliphatic rings. The number of hydrogen-bond donors (Lipinski definition) is 2. The molecule has 3 nitrogen and oxygen atoms in total. The fourth-order valence-corrected chi connectivity index (χ4v) is 2.28. The first-order valence-electron chi connectivity index (χ1n) is 7.00. The van der Waals surface area contributed by atoms with Gasteiger partial charge in [-0.1, -0.05) is 12.1 Å². The van der Waals surface area contributed by atoms with Gasteiger partial charge in [0.2, 0.25) is 0 Å². The Balaban J connectivity index is 1.99. The van der Waals surface area contributed by atoms with Crippen LogP contribution in [0.15, 0.2) is 24.4 Å². The Labute approximate surface area is 121 Å². The molecule has 0 spiro atoms. The van der Waals surface area contributed by atoms with Crippen LogP contribution >= 0.6 is 0 Å². The van der Waals surface area contributed by atoms with Crippen molar-refractivity contribution in [1.82, 2.24) is 4.98 Å². The SMILES string of the molecule is Cc1cc(C)c(CCNc2cc(C)c(N)cn2)cc1C. The van der Waals surface area contributed by atoms with Crippen LogP contribution in [0.25, 0.3) is 0 Å². The molecule has 3 N–H and O–H groups in total.